The smallest absolute Gasteiger partial charge is 0.260 e. The lowest BCUT2D eigenvalue weighted by Gasteiger charge is -2.15. The third-order valence-electron chi connectivity index (χ3n) is 9.62. The molecule has 1 aliphatic carbocycles. The molecule has 9 rings (SSSR count). The molecule has 3 nitrogen and oxygen atoms in total. The van der Waals surface area contributed by atoms with Crippen molar-refractivity contribution < 1.29 is 8.78 Å². The van der Waals surface area contributed by atoms with Gasteiger partial charge in [-0.3, -0.25) is 4.68 Å². The Labute approximate surface area is 295 Å². The fourth-order valence-electron chi connectivity index (χ4n) is 7.06. The van der Waals surface area contributed by atoms with Crippen LogP contribution >= 0.6 is 0 Å². The predicted octanol–water partition coefficient (Wildman–Crippen LogP) is 11.8. The van der Waals surface area contributed by atoms with Crippen molar-refractivity contribution in [1.82, 2.24) is 14.8 Å². The molecular weight excluding hydrogens is 633 g/mol. The molecule has 1 aliphatic rings. The third kappa shape index (κ3) is 5.63. The highest BCUT2D eigenvalue weighted by atomic mass is 19.3. The zero-order valence-corrected chi connectivity index (χ0v) is 27.5. The quantitative estimate of drug-likeness (QED) is 0.170. The normalized spacial score (nSPS) is 12.7. The fourth-order valence-corrected chi connectivity index (χ4v) is 7.06. The van der Waals surface area contributed by atoms with Crippen LogP contribution in [0.2, 0.25) is 0 Å². The molecule has 8 aromatic rings. The molecule has 0 atom stereocenters. The van der Waals surface area contributed by atoms with Gasteiger partial charge in [-0.25, -0.2) is 4.98 Å². The molecule has 0 fully saturated rings. The average Bonchev–Trinajstić information content (AvgIpc) is 3.71. The van der Waals surface area contributed by atoms with Gasteiger partial charge < -0.3 is 0 Å². The summed E-state index contributed by atoms with van der Waals surface area (Å²) in [6.07, 6.45) is 0. The summed E-state index contributed by atoms with van der Waals surface area (Å²) < 4.78 is 35.0. The zero-order chi connectivity index (χ0) is 34.4. The largest absolute Gasteiger partial charge is 0.299 e. The minimum Gasteiger partial charge on any atom is -0.260 e. The van der Waals surface area contributed by atoms with E-state index in [1.807, 2.05) is 156 Å². The van der Waals surface area contributed by atoms with Gasteiger partial charge in [0.05, 0.1) is 29.3 Å². The Balaban J connectivity index is 1.09. The Morgan fingerprint density at radius 2 is 0.941 bits per heavy atom. The SMILES string of the molecule is FC1(F)c2cc(Cn3nc(-c4ccccc4)cc3-c3ccccc3)ccc2-c2ccc(-c3cc(-c4ccccc4)cc(-c4ccccc4)n3)cc21. The van der Waals surface area contributed by atoms with Crippen molar-refractivity contribution in [1.29, 1.82) is 0 Å². The number of fused-ring (bicyclic) bond motifs is 3. The number of halogens is 2. The summed E-state index contributed by atoms with van der Waals surface area (Å²) in [5.74, 6) is -3.18. The Morgan fingerprint density at radius 3 is 1.57 bits per heavy atom. The van der Waals surface area contributed by atoms with E-state index in [2.05, 4.69) is 12.1 Å². The summed E-state index contributed by atoms with van der Waals surface area (Å²) >= 11 is 0. The zero-order valence-electron chi connectivity index (χ0n) is 27.5. The number of pyridine rings is 1. The second kappa shape index (κ2) is 12.5. The van der Waals surface area contributed by atoms with E-state index in [-0.39, 0.29) is 11.1 Å². The second-order valence-electron chi connectivity index (χ2n) is 12.9. The summed E-state index contributed by atoms with van der Waals surface area (Å²) in [6, 6.07) is 56.9. The maximum Gasteiger partial charge on any atom is 0.299 e. The molecule has 0 amide bonds. The van der Waals surface area contributed by atoms with Crippen LogP contribution in [-0.2, 0) is 12.5 Å². The number of hydrogen-bond acceptors (Lipinski definition) is 2. The molecule has 244 valence electrons. The maximum absolute atomic E-state index is 16.6. The van der Waals surface area contributed by atoms with Crippen molar-refractivity contribution in [2.24, 2.45) is 0 Å². The molecule has 6 aromatic carbocycles. The number of hydrogen-bond donors (Lipinski definition) is 0. The van der Waals surface area contributed by atoms with Gasteiger partial charge in [-0.2, -0.15) is 13.9 Å². The van der Waals surface area contributed by atoms with Crippen LogP contribution in [0.3, 0.4) is 0 Å². The van der Waals surface area contributed by atoms with Gasteiger partial charge >= 0.3 is 0 Å². The van der Waals surface area contributed by atoms with Gasteiger partial charge in [-0.15, -0.1) is 0 Å². The number of nitrogens with zero attached hydrogens (tertiary/aromatic N) is 3. The van der Waals surface area contributed by atoms with E-state index >= 15 is 8.78 Å². The molecule has 0 unspecified atom stereocenters. The van der Waals surface area contributed by atoms with Crippen LogP contribution in [0, 0.1) is 0 Å². The van der Waals surface area contributed by atoms with Gasteiger partial charge in [0, 0.05) is 27.8 Å². The average molecular weight is 664 g/mol. The monoisotopic (exact) mass is 663 g/mol. The van der Waals surface area contributed by atoms with Gasteiger partial charge in [-0.05, 0) is 63.7 Å². The van der Waals surface area contributed by atoms with E-state index in [0.717, 1.165) is 50.5 Å². The van der Waals surface area contributed by atoms with Crippen LogP contribution in [0.4, 0.5) is 8.78 Å². The van der Waals surface area contributed by atoms with Gasteiger partial charge in [0.15, 0.2) is 0 Å². The lowest BCUT2D eigenvalue weighted by Crippen LogP contribution is -2.12. The molecule has 0 aliphatic heterocycles. The van der Waals surface area contributed by atoms with Crippen molar-refractivity contribution in [3.63, 3.8) is 0 Å². The maximum atomic E-state index is 16.6. The van der Waals surface area contributed by atoms with E-state index < -0.39 is 5.92 Å². The Hall–Kier alpha value is -6.46. The highest BCUT2D eigenvalue weighted by molar-refractivity contribution is 5.84. The summed E-state index contributed by atoms with van der Waals surface area (Å²) in [7, 11) is 0. The van der Waals surface area contributed by atoms with E-state index in [1.165, 1.54) is 0 Å². The van der Waals surface area contributed by atoms with Crippen LogP contribution < -0.4 is 0 Å². The molecule has 0 saturated heterocycles. The second-order valence-corrected chi connectivity index (χ2v) is 12.9. The van der Waals surface area contributed by atoms with Crippen molar-refractivity contribution >= 4 is 0 Å². The Morgan fingerprint density at radius 1 is 0.431 bits per heavy atom. The van der Waals surface area contributed by atoms with Crippen LogP contribution in [0.15, 0.2) is 176 Å². The van der Waals surface area contributed by atoms with Crippen molar-refractivity contribution in [3.8, 4) is 67.3 Å². The van der Waals surface area contributed by atoms with Crippen LogP contribution in [0.25, 0.3) is 67.3 Å². The Kier molecular flexibility index (Phi) is 7.47. The predicted molar refractivity (Wildman–Crippen MR) is 201 cm³/mol. The van der Waals surface area contributed by atoms with Crippen LogP contribution in [0.1, 0.15) is 16.7 Å². The molecule has 2 aromatic heterocycles. The lowest BCUT2D eigenvalue weighted by molar-refractivity contribution is 0.0479. The van der Waals surface area contributed by atoms with E-state index in [0.29, 0.717) is 28.9 Å². The fraction of sp³-hybridized carbons (Fsp3) is 0.0435. The first-order chi connectivity index (χ1) is 25.0. The van der Waals surface area contributed by atoms with E-state index in [4.69, 9.17) is 10.1 Å². The minimum atomic E-state index is -3.18. The van der Waals surface area contributed by atoms with E-state index in [9.17, 15) is 0 Å². The lowest BCUT2D eigenvalue weighted by atomic mass is 9.97. The van der Waals surface area contributed by atoms with Crippen LogP contribution in [-0.4, -0.2) is 14.8 Å². The van der Waals surface area contributed by atoms with Crippen molar-refractivity contribution in [2.75, 3.05) is 0 Å². The van der Waals surface area contributed by atoms with Crippen molar-refractivity contribution in [2.45, 2.75) is 12.5 Å². The highest BCUT2D eigenvalue weighted by Crippen LogP contribution is 2.52. The summed E-state index contributed by atoms with van der Waals surface area (Å²) in [5.41, 5.74) is 10.7. The molecule has 2 heterocycles. The van der Waals surface area contributed by atoms with Gasteiger partial charge in [-0.1, -0.05) is 146 Å². The standard InChI is InChI=1S/C46H31F2N3/c47-46(48)40-25-31(30-51-45(35-19-11-4-12-20-35)29-44(50-51)34-17-9-3-10-18-34)21-23-38(40)39-24-22-36(26-41(39)46)43-28-37(32-13-5-1-6-14-32)27-42(49-43)33-15-7-2-8-16-33/h1-29H,30H2. The first-order valence-corrected chi connectivity index (χ1v) is 17.0. The number of rotatable bonds is 7. The molecule has 0 radical (unpaired) electrons. The highest BCUT2D eigenvalue weighted by Gasteiger charge is 2.44. The number of aromatic nitrogens is 3. The molecule has 0 N–H and O–H groups in total. The third-order valence-corrected chi connectivity index (χ3v) is 9.62. The summed E-state index contributed by atoms with van der Waals surface area (Å²) in [4.78, 5) is 4.99. The van der Waals surface area contributed by atoms with E-state index in [1.54, 1.807) is 12.1 Å². The first-order valence-electron chi connectivity index (χ1n) is 17.0. The van der Waals surface area contributed by atoms with Crippen LogP contribution in [0.5, 0.6) is 0 Å². The first kappa shape index (κ1) is 30.6. The Bertz CT molecular complexity index is 2450. The van der Waals surface area contributed by atoms with Gasteiger partial charge in [0.1, 0.15) is 0 Å². The number of alkyl halides is 2. The molecule has 0 bridgehead atoms. The van der Waals surface area contributed by atoms with Gasteiger partial charge in [0.25, 0.3) is 5.92 Å². The van der Waals surface area contributed by atoms with Gasteiger partial charge in [0.2, 0.25) is 0 Å². The number of benzene rings is 6. The minimum absolute atomic E-state index is 0.00393. The molecule has 0 saturated carbocycles. The summed E-state index contributed by atoms with van der Waals surface area (Å²) in [5, 5.41) is 4.95. The van der Waals surface area contributed by atoms with Crippen molar-refractivity contribution in [3.05, 3.63) is 193 Å². The summed E-state index contributed by atoms with van der Waals surface area (Å²) in [6.45, 7) is 0.348. The molecule has 51 heavy (non-hydrogen) atoms. The molecular formula is C46H31F2N3. The molecule has 0 spiro atoms. The topological polar surface area (TPSA) is 30.7 Å². The molecule has 5 heteroatoms.